The third kappa shape index (κ3) is 3.35. The van der Waals surface area contributed by atoms with Crippen LogP contribution >= 0.6 is 11.6 Å². The van der Waals surface area contributed by atoms with Crippen LogP contribution in [0.15, 0.2) is 41.0 Å². The van der Waals surface area contributed by atoms with Gasteiger partial charge in [-0.25, -0.2) is 0 Å². The average molecular weight is 266 g/mol. The van der Waals surface area contributed by atoms with Gasteiger partial charge in [0.1, 0.15) is 12.4 Å². The van der Waals surface area contributed by atoms with Gasteiger partial charge in [0.25, 0.3) is 0 Å². The molecular weight excluding hydrogens is 250 g/mol. The number of halogens is 1. The van der Waals surface area contributed by atoms with Gasteiger partial charge < -0.3 is 14.5 Å². The van der Waals surface area contributed by atoms with Crippen LogP contribution in [0.3, 0.4) is 0 Å². The SMILES string of the molecule is CNCc1ccoc1COCc1ccccc1Cl. The van der Waals surface area contributed by atoms with Crippen LogP contribution in [0, 0.1) is 0 Å². The van der Waals surface area contributed by atoms with E-state index < -0.39 is 0 Å². The van der Waals surface area contributed by atoms with Gasteiger partial charge in [-0.3, -0.25) is 0 Å². The molecule has 0 atom stereocenters. The molecule has 0 saturated carbocycles. The van der Waals surface area contributed by atoms with Gasteiger partial charge in [0.2, 0.25) is 0 Å². The summed E-state index contributed by atoms with van der Waals surface area (Å²) in [6.07, 6.45) is 1.68. The normalized spacial score (nSPS) is 10.8. The molecule has 0 fully saturated rings. The number of nitrogens with one attached hydrogen (secondary N) is 1. The smallest absolute Gasteiger partial charge is 0.133 e. The first-order valence-corrected chi connectivity index (χ1v) is 6.20. The van der Waals surface area contributed by atoms with Crippen LogP contribution in [0.25, 0.3) is 0 Å². The molecule has 1 heterocycles. The van der Waals surface area contributed by atoms with Crippen molar-refractivity contribution in [2.75, 3.05) is 7.05 Å². The quantitative estimate of drug-likeness (QED) is 0.870. The molecule has 18 heavy (non-hydrogen) atoms. The first-order valence-electron chi connectivity index (χ1n) is 5.82. The predicted octanol–water partition coefficient (Wildman–Crippen LogP) is 3.37. The van der Waals surface area contributed by atoms with Crippen molar-refractivity contribution in [3.8, 4) is 0 Å². The van der Waals surface area contributed by atoms with E-state index in [1.54, 1.807) is 6.26 Å². The standard InChI is InChI=1S/C14H16ClNO2/c1-16-8-11-6-7-18-14(11)10-17-9-12-4-2-3-5-13(12)15/h2-7,16H,8-10H2,1H3. The highest BCUT2D eigenvalue weighted by atomic mass is 35.5. The lowest BCUT2D eigenvalue weighted by Gasteiger charge is -2.06. The molecule has 0 spiro atoms. The molecule has 1 N–H and O–H groups in total. The maximum Gasteiger partial charge on any atom is 0.133 e. The van der Waals surface area contributed by atoms with Crippen molar-refractivity contribution in [2.45, 2.75) is 19.8 Å². The highest BCUT2D eigenvalue weighted by molar-refractivity contribution is 6.31. The van der Waals surface area contributed by atoms with Crippen LogP contribution in [-0.2, 0) is 24.5 Å². The highest BCUT2D eigenvalue weighted by Gasteiger charge is 2.06. The zero-order valence-electron chi connectivity index (χ0n) is 10.3. The molecule has 3 nitrogen and oxygen atoms in total. The Morgan fingerprint density at radius 1 is 1.17 bits per heavy atom. The summed E-state index contributed by atoms with van der Waals surface area (Å²) in [5.41, 5.74) is 2.11. The minimum Gasteiger partial charge on any atom is -0.467 e. The molecule has 0 aliphatic heterocycles. The molecule has 96 valence electrons. The van der Waals surface area contributed by atoms with E-state index in [0.29, 0.717) is 13.2 Å². The Labute approximate surface area is 112 Å². The molecule has 0 aliphatic rings. The summed E-state index contributed by atoms with van der Waals surface area (Å²) in [7, 11) is 1.90. The fraction of sp³-hybridized carbons (Fsp3) is 0.286. The third-order valence-corrected chi connectivity index (χ3v) is 3.02. The second kappa shape index (κ2) is 6.59. The van der Waals surface area contributed by atoms with Gasteiger partial charge in [0.05, 0.1) is 12.9 Å². The van der Waals surface area contributed by atoms with Crippen molar-refractivity contribution in [2.24, 2.45) is 0 Å². The minimum absolute atomic E-state index is 0.454. The Kier molecular flexibility index (Phi) is 4.81. The fourth-order valence-electron chi connectivity index (χ4n) is 1.71. The van der Waals surface area contributed by atoms with Crippen LogP contribution < -0.4 is 5.32 Å². The molecular formula is C14H16ClNO2. The molecule has 0 amide bonds. The molecule has 1 aromatic carbocycles. The lowest BCUT2D eigenvalue weighted by molar-refractivity contribution is 0.0922. The van der Waals surface area contributed by atoms with Crippen LogP contribution in [-0.4, -0.2) is 7.05 Å². The summed E-state index contributed by atoms with van der Waals surface area (Å²) in [5.74, 6) is 0.858. The second-order valence-corrected chi connectivity index (χ2v) is 4.39. The van der Waals surface area contributed by atoms with Gasteiger partial charge in [0, 0.05) is 17.1 Å². The predicted molar refractivity (Wildman–Crippen MR) is 71.4 cm³/mol. The number of rotatable bonds is 6. The van der Waals surface area contributed by atoms with Crippen molar-refractivity contribution in [3.63, 3.8) is 0 Å². The van der Waals surface area contributed by atoms with Gasteiger partial charge in [-0.2, -0.15) is 0 Å². The van der Waals surface area contributed by atoms with Crippen LogP contribution in [0.2, 0.25) is 5.02 Å². The number of furan rings is 1. The Morgan fingerprint density at radius 3 is 2.78 bits per heavy atom. The minimum atomic E-state index is 0.454. The first kappa shape index (κ1) is 13.1. The monoisotopic (exact) mass is 265 g/mol. The van der Waals surface area contributed by atoms with E-state index in [-0.39, 0.29) is 0 Å². The van der Waals surface area contributed by atoms with Gasteiger partial charge >= 0.3 is 0 Å². The topological polar surface area (TPSA) is 34.4 Å². The second-order valence-electron chi connectivity index (χ2n) is 3.98. The lowest BCUT2D eigenvalue weighted by atomic mass is 10.2. The number of ether oxygens (including phenoxy) is 1. The molecule has 4 heteroatoms. The summed E-state index contributed by atoms with van der Waals surface area (Å²) in [6, 6.07) is 9.62. The molecule has 2 rings (SSSR count). The Morgan fingerprint density at radius 2 is 2.00 bits per heavy atom. The summed E-state index contributed by atoms with van der Waals surface area (Å²) in [6.45, 7) is 1.72. The number of hydrogen-bond acceptors (Lipinski definition) is 3. The van der Waals surface area contributed by atoms with E-state index in [4.69, 9.17) is 20.8 Å². The molecule has 0 aliphatic carbocycles. The van der Waals surface area contributed by atoms with Crippen molar-refractivity contribution in [1.82, 2.24) is 5.32 Å². The van der Waals surface area contributed by atoms with E-state index in [9.17, 15) is 0 Å². The van der Waals surface area contributed by atoms with Crippen LogP contribution in [0.1, 0.15) is 16.9 Å². The largest absolute Gasteiger partial charge is 0.467 e. The third-order valence-electron chi connectivity index (χ3n) is 2.65. The Balaban J connectivity index is 1.88. The van der Waals surface area contributed by atoms with Gasteiger partial charge in [0.15, 0.2) is 0 Å². The average Bonchev–Trinajstić information content (AvgIpc) is 2.80. The molecule has 0 bridgehead atoms. The molecule has 2 aromatic rings. The van der Waals surface area contributed by atoms with Crippen molar-refractivity contribution >= 4 is 11.6 Å². The van der Waals surface area contributed by atoms with Crippen LogP contribution in [0.5, 0.6) is 0 Å². The summed E-state index contributed by atoms with van der Waals surface area (Å²) in [4.78, 5) is 0. The first-order chi connectivity index (χ1) is 8.81. The zero-order chi connectivity index (χ0) is 12.8. The van der Waals surface area contributed by atoms with Crippen molar-refractivity contribution in [1.29, 1.82) is 0 Å². The highest BCUT2D eigenvalue weighted by Crippen LogP contribution is 2.17. The summed E-state index contributed by atoms with van der Waals surface area (Å²) >= 11 is 6.05. The molecule has 0 saturated heterocycles. The van der Waals surface area contributed by atoms with Crippen molar-refractivity contribution in [3.05, 3.63) is 58.5 Å². The number of hydrogen-bond donors (Lipinski definition) is 1. The van der Waals surface area contributed by atoms with E-state index in [1.165, 1.54) is 0 Å². The van der Waals surface area contributed by atoms with E-state index >= 15 is 0 Å². The Hall–Kier alpha value is -1.29. The number of benzene rings is 1. The molecule has 0 unspecified atom stereocenters. The summed E-state index contributed by atoms with van der Waals surface area (Å²) < 4.78 is 11.0. The lowest BCUT2D eigenvalue weighted by Crippen LogP contribution is -2.06. The van der Waals surface area contributed by atoms with Crippen molar-refractivity contribution < 1.29 is 9.15 Å². The molecule has 1 aromatic heterocycles. The fourth-order valence-corrected chi connectivity index (χ4v) is 1.90. The Bertz CT molecular complexity index is 496. The van der Waals surface area contributed by atoms with Gasteiger partial charge in [-0.15, -0.1) is 0 Å². The van der Waals surface area contributed by atoms with Gasteiger partial charge in [-0.05, 0) is 24.7 Å². The van der Waals surface area contributed by atoms with Gasteiger partial charge in [-0.1, -0.05) is 29.8 Å². The van der Waals surface area contributed by atoms with E-state index in [0.717, 1.165) is 28.5 Å². The summed E-state index contributed by atoms with van der Waals surface area (Å²) in [5, 5.41) is 3.82. The maximum absolute atomic E-state index is 6.05. The van der Waals surface area contributed by atoms with E-state index in [1.807, 2.05) is 37.4 Å². The van der Waals surface area contributed by atoms with E-state index in [2.05, 4.69) is 5.32 Å². The zero-order valence-corrected chi connectivity index (χ0v) is 11.0. The maximum atomic E-state index is 6.05. The molecule has 0 radical (unpaired) electrons. The van der Waals surface area contributed by atoms with Crippen LogP contribution in [0.4, 0.5) is 0 Å².